The maximum absolute atomic E-state index is 13.5. The van der Waals surface area contributed by atoms with Crippen molar-refractivity contribution in [2.24, 2.45) is 0 Å². The molecule has 3 aromatic rings. The molecule has 0 N–H and O–H groups in total. The van der Waals surface area contributed by atoms with E-state index in [9.17, 15) is 4.39 Å². The van der Waals surface area contributed by atoms with E-state index in [2.05, 4.69) is 43.7 Å². The van der Waals surface area contributed by atoms with Crippen LogP contribution in [-0.2, 0) is 5.41 Å². The van der Waals surface area contributed by atoms with E-state index in [0.29, 0.717) is 0 Å². The van der Waals surface area contributed by atoms with Crippen molar-refractivity contribution in [2.45, 2.75) is 33.1 Å². The fourth-order valence-electron chi connectivity index (χ4n) is 3.71. The molecule has 1 aliphatic heterocycles. The van der Waals surface area contributed by atoms with Gasteiger partial charge in [-0.1, -0.05) is 32.9 Å². The number of hydrogen-bond acceptors (Lipinski definition) is 4. The van der Waals surface area contributed by atoms with E-state index in [1.54, 1.807) is 12.1 Å². The van der Waals surface area contributed by atoms with E-state index in [1.165, 1.54) is 12.1 Å². The third kappa shape index (κ3) is 3.37. The molecule has 0 amide bonds. The number of hydrogen-bond donors (Lipinski definition) is 0. The van der Waals surface area contributed by atoms with Gasteiger partial charge in [-0.15, -0.1) is 0 Å². The third-order valence-electron chi connectivity index (χ3n) is 5.47. The topological polar surface area (TPSA) is 36.7 Å². The minimum atomic E-state index is -0.237. The maximum atomic E-state index is 13.5. The lowest BCUT2D eigenvalue weighted by atomic mass is 9.91. The fraction of sp³-hybridized carbons (Fsp3) is 0.455. The summed E-state index contributed by atoms with van der Waals surface area (Å²) in [6, 6.07) is 8.78. The number of benzene rings is 1. The Hall–Kier alpha value is -2.47. The van der Waals surface area contributed by atoms with Crippen LogP contribution in [0.15, 0.2) is 30.3 Å². The van der Waals surface area contributed by atoms with Crippen LogP contribution in [-0.4, -0.2) is 52.7 Å². The predicted octanol–water partition coefficient (Wildman–Crippen LogP) is 3.89. The van der Waals surface area contributed by atoms with Crippen molar-refractivity contribution in [1.29, 1.82) is 0 Å². The lowest BCUT2D eigenvalue weighted by molar-refractivity contribution is 0.311. The molecule has 2 aromatic heterocycles. The fourth-order valence-corrected chi connectivity index (χ4v) is 3.71. The summed E-state index contributed by atoms with van der Waals surface area (Å²) in [6.45, 7) is 12.5. The van der Waals surface area contributed by atoms with Crippen molar-refractivity contribution in [3.05, 3.63) is 47.5 Å². The number of aryl methyl sites for hydroxylation is 1. The zero-order chi connectivity index (χ0) is 20.1. The highest BCUT2D eigenvalue weighted by atomic mass is 19.1. The van der Waals surface area contributed by atoms with Crippen molar-refractivity contribution in [3.63, 3.8) is 0 Å². The van der Waals surface area contributed by atoms with Crippen LogP contribution in [0.1, 0.15) is 32.2 Å². The van der Waals surface area contributed by atoms with Gasteiger partial charge in [0.15, 0.2) is 5.65 Å². The summed E-state index contributed by atoms with van der Waals surface area (Å²) >= 11 is 0. The van der Waals surface area contributed by atoms with Crippen molar-refractivity contribution < 1.29 is 4.39 Å². The maximum Gasteiger partial charge on any atom is 0.165 e. The number of halogens is 1. The molecule has 148 valence electrons. The minimum Gasteiger partial charge on any atom is -0.354 e. The summed E-state index contributed by atoms with van der Waals surface area (Å²) in [6.07, 6.45) is 0. The molecular weight excluding hydrogens is 353 g/mol. The monoisotopic (exact) mass is 381 g/mol. The largest absolute Gasteiger partial charge is 0.354 e. The molecule has 1 aromatic carbocycles. The van der Waals surface area contributed by atoms with Crippen LogP contribution in [0, 0.1) is 12.7 Å². The Kier molecular flexibility index (Phi) is 4.62. The second-order valence-electron chi connectivity index (χ2n) is 8.74. The molecule has 1 aliphatic rings. The molecular formula is C22H28FN5. The molecule has 0 unspecified atom stereocenters. The lowest BCUT2D eigenvalue weighted by Gasteiger charge is -2.34. The van der Waals surface area contributed by atoms with Crippen LogP contribution >= 0.6 is 0 Å². The zero-order valence-corrected chi connectivity index (χ0v) is 17.3. The second-order valence-corrected chi connectivity index (χ2v) is 8.74. The first-order valence-electron chi connectivity index (χ1n) is 9.84. The van der Waals surface area contributed by atoms with Crippen LogP contribution in [0.4, 0.5) is 10.2 Å². The molecule has 0 radical (unpaired) electrons. The number of fused-ring (bicyclic) bond motifs is 1. The number of nitrogens with zero attached hydrogens (tertiary/aromatic N) is 5. The number of anilines is 1. The minimum absolute atomic E-state index is 0.0820. The first kappa shape index (κ1) is 18.9. The summed E-state index contributed by atoms with van der Waals surface area (Å²) in [4.78, 5) is 9.74. The Morgan fingerprint density at radius 1 is 1.00 bits per heavy atom. The molecule has 0 atom stereocenters. The van der Waals surface area contributed by atoms with Gasteiger partial charge in [0.25, 0.3) is 0 Å². The van der Waals surface area contributed by atoms with Gasteiger partial charge in [-0.05, 0) is 31.7 Å². The first-order chi connectivity index (χ1) is 13.2. The quantitative estimate of drug-likeness (QED) is 0.675. The van der Waals surface area contributed by atoms with Crippen LogP contribution in [0.2, 0.25) is 0 Å². The molecule has 0 spiro atoms. The molecule has 0 aliphatic carbocycles. The smallest absolute Gasteiger partial charge is 0.165 e. The van der Waals surface area contributed by atoms with E-state index in [1.807, 2.05) is 11.4 Å². The molecule has 4 rings (SSSR count). The third-order valence-corrected chi connectivity index (χ3v) is 5.47. The van der Waals surface area contributed by atoms with Gasteiger partial charge < -0.3 is 9.80 Å². The van der Waals surface area contributed by atoms with Gasteiger partial charge in [0.2, 0.25) is 0 Å². The molecule has 5 nitrogen and oxygen atoms in total. The number of piperazine rings is 1. The first-order valence-corrected chi connectivity index (χ1v) is 9.84. The summed E-state index contributed by atoms with van der Waals surface area (Å²) < 4.78 is 15.4. The molecule has 0 bridgehead atoms. The highest BCUT2D eigenvalue weighted by Crippen LogP contribution is 2.33. The van der Waals surface area contributed by atoms with E-state index in [4.69, 9.17) is 10.1 Å². The number of aromatic nitrogens is 3. The summed E-state index contributed by atoms with van der Waals surface area (Å²) in [5, 5.41) is 4.83. The highest BCUT2D eigenvalue weighted by molar-refractivity contribution is 5.81. The predicted molar refractivity (Wildman–Crippen MR) is 112 cm³/mol. The van der Waals surface area contributed by atoms with Gasteiger partial charge in [-0.25, -0.2) is 9.37 Å². The van der Waals surface area contributed by atoms with Crippen LogP contribution in [0.25, 0.3) is 16.8 Å². The van der Waals surface area contributed by atoms with E-state index in [-0.39, 0.29) is 11.2 Å². The number of rotatable bonds is 2. The van der Waals surface area contributed by atoms with Gasteiger partial charge in [-0.2, -0.15) is 9.61 Å². The van der Waals surface area contributed by atoms with Crippen LogP contribution in [0.5, 0.6) is 0 Å². The van der Waals surface area contributed by atoms with E-state index < -0.39 is 0 Å². The van der Waals surface area contributed by atoms with Crippen molar-refractivity contribution in [3.8, 4) is 11.1 Å². The van der Waals surface area contributed by atoms with Gasteiger partial charge in [0, 0.05) is 43.2 Å². The molecule has 3 heterocycles. The normalized spacial score (nSPS) is 16.1. The van der Waals surface area contributed by atoms with E-state index in [0.717, 1.165) is 60.2 Å². The number of likely N-dealkylation sites (N-methyl/N-ethyl adjacent to an activating group) is 1. The van der Waals surface area contributed by atoms with Gasteiger partial charge >= 0.3 is 0 Å². The molecule has 6 heteroatoms. The Balaban J connectivity index is 1.94. The van der Waals surface area contributed by atoms with Crippen molar-refractivity contribution in [2.75, 3.05) is 38.1 Å². The summed E-state index contributed by atoms with van der Waals surface area (Å²) in [7, 11) is 2.16. The Morgan fingerprint density at radius 3 is 2.25 bits per heavy atom. The Bertz CT molecular complexity index is 992. The zero-order valence-electron chi connectivity index (χ0n) is 17.3. The van der Waals surface area contributed by atoms with Gasteiger partial charge in [-0.3, -0.25) is 0 Å². The summed E-state index contributed by atoms with van der Waals surface area (Å²) in [5.41, 5.74) is 4.61. The van der Waals surface area contributed by atoms with Crippen molar-refractivity contribution in [1.82, 2.24) is 19.5 Å². The van der Waals surface area contributed by atoms with E-state index >= 15 is 0 Å². The molecule has 28 heavy (non-hydrogen) atoms. The standard InChI is InChI=1S/C22H28FN5/c1-15-20(16-6-8-17(23)9-7-16)21-24-18(22(2,3)4)14-19(28(21)25-15)27-12-10-26(5)11-13-27/h6-9,14H,10-13H2,1-5H3. The average molecular weight is 381 g/mol. The van der Waals surface area contributed by atoms with Gasteiger partial charge in [0.05, 0.1) is 11.4 Å². The SMILES string of the molecule is Cc1nn2c(N3CCN(C)CC3)cc(C(C)(C)C)nc2c1-c1ccc(F)cc1. The van der Waals surface area contributed by atoms with Gasteiger partial charge in [0.1, 0.15) is 11.6 Å². The molecule has 0 saturated carbocycles. The lowest BCUT2D eigenvalue weighted by Crippen LogP contribution is -2.45. The average Bonchev–Trinajstić information content (AvgIpc) is 2.97. The Labute approximate surface area is 165 Å². The van der Waals surface area contributed by atoms with Crippen molar-refractivity contribution >= 4 is 11.5 Å². The molecule has 1 saturated heterocycles. The summed E-state index contributed by atoms with van der Waals surface area (Å²) in [5.74, 6) is 0.846. The highest BCUT2D eigenvalue weighted by Gasteiger charge is 2.25. The second kappa shape index (κ2) is 6.85. The molecule has 1 fully saturated rings. The van der Waals surface area contributed by atoms with Crippen LogP contribution in [0.3, 0.4) is 0 Å². The Morgan fingerprint density at radius 2 is 1.64 bits per heavy atom. The van der Waals surface area contributed by atoms with Crippen LogP contribution < -0.4 is 4.90 Å².